The van der Waals surface area contributed by atoms with Crippen molar-refractivity contribution in [2.75, 3.05) is 0 Å². The van der Waals surface area contributed by atoms with Gasteiger partial charge in [0, 0.05) is 6.20 Å². The van der Waals surface area contributed by atoms with E-state index in [1.54, 1.807) is 0 Å². The zero-order valence-electron chi connectivity index (χ0n) is 6.67. The van der Waals surface area contributed by atoms with Gasteiger partial charge < -0.3 is 0 Å². The summed E-state index contributed by atoms with van der Waals surface area (Å²) in [5.74, 6) is -1.44. The molecular formula is C8H3F3N2O. The minimum Gasteiger partial charge on any atom is -0.296 e. The highest BCUT2D eigenvalue weighted by Gasteiger charge is 2.21. The van der Waals surface area contributed by atoms with Crippen molar-refractivity contribution in [3.63, 3.8) is 0 Å². The van der Waals surface area contributed by atoms with Crippen LogP contribution in [0.3, 0.4) is 0 Å². The SMILES string of the molecule is N#Cc1cnc(C=O)c(F)c1C(F)F. The quantitative estimate of drug-likeness (QED) is 0.684. The Morgan fingerprint density at radius 1 is 1.57 bits per heavy atom. The summed E-state index contributed by atoms with van der Waals surface area (Å²) in [6.07, 6.45) is -2.39. The van der Waals surface area contributed by atoms with Crippen molar-refractivity contribution in [2.24, 2.45) is 0 Å². The summed E-state index contributed by atoms with van der Waals surface area (Å²) in [6.45, 7) is 0. The summed E-state index contributed by atoms with van der Waals surface area (Å²) in [5, 5.41) is 8.38. The molecule has 6 heteroatoms. The maximum atomic E-state index is 13.0. The van der Waals surface area contributed by atoms with Gasteiger partial charge in [-0.05, 0) is 0 Å². The molecule has 1 aromatic rings. The lowest BCUT2D eigenvalue weighted by molar-refractivity contribution is 0.111. The van der Waals surface area contributed by atoms with Gasteiger partial charge in [0.15, 0.2) is 12.1 Å². The molecule has 0 N–H and O–H groups in total. The molecule has 72 valence electrons. The Morgan fingerprint density at radius 3 is 2.64 bits per heavy atom. The predicted molar refractivity (Wildman–Crippen MR) is 39.3 cm³/mol. The summed E-state index contributed by atoms with van der Waals surface area (Å²) in [7, 11) is 0. The van der Waals surface area contributed by atoms with Gasteiger partial charge in [-0.3, -0.25) is 4.79 Å². The lowest BCUT2D eigenvalue weighted by atomic mass is 10.1. The van der Waals surface area contributed by atoms with Crippen LogP contribution in [0.25, 0.3) is 0 Å². The van der Waals surface area contributed by atoms with Gasteiger partial charge in [-0.25, -0.2) is 18.2 Å². The average molecular weight is 200 g/mol. The number of nitrogens with zero attached hydrogens (tertiary/aromatic N) is 2. The number of hydrogen-bond donors (Lipinski definition) is 0. The third-order valence-corrected chi connectivity index (χ3v) is 1.53. The van der Waals surface area contributed by atoms with Crippen molar-refractivity contribution in [1.82, 2.24) is 4.98 Å². The van der Waals surface area contributed by atoms with E-state index in [0.29, 0.717) is 0 Å². The molecule has 0 aliphatic carbocycles. The van der Waals surface area contributed by atoms with E-state index in [1.807, 2.05) is 0 Å². The molecule has 0 fully saturated rings. The van der Waals surface area contributed by atoms with Crippen LogP contribution in [0, 0.1) is 17.1 Å². The molecule has 3 nitrogen and oxygen atoms in total. The summed E-state index contributed by atoms with van der Waals surface area (Å²) in [4.78, 5) is 13.4. The Hall–Kier alpha value is -1.90. The van der Waals surface area contributed by atoms with Crippen molar-refractivity contribution in [3.05, 3.63) is 28.8 Å². The first-order chi connectivity index (χ1) is 6.61. The van der Waals surface area contributed by atoms with E-state index in [1.165, 1.54) is 6.07 Å². The van der Waals surface area contributed by atoms with Crippen LogP contribution in [0.4, 0.5) is 13.2 Å². The van der Waals surface area contributed by atoms with Crippen LogP contribution in [0.5, 0.6) is 0 Å². The molecule has 0 radical (unpaired) electrons. The van der Waals surface area contributed by atoms with Crippen LogP contribution in [-0.4, -0.2) is 11.3 Å². The zero-order valence-corrected chi connectivity index (χ0v) is 6.67. The Labute approximate surface area is 76.8 Å². The van der Waals surface area contributed by atoms with Crippen molar-refractivity contribution < 1.29 is 18.0 Å². The van der Waals surface area contributed by atoms with E-state index in [2.05, 4.69) is 4.98 Å². The number of aromatic nitrogens is 1. The number of alkyl halides is 2. The monoisotopic (exact) mass is 200 g/mol. The van der Waals surface area contributed by atoms with Gasteiger partial charge in [0.05, 0.1) is 11.1 Å². The van der Waals surface area contributed by atoms with E-state index in [9.17, 15) is 18.0 Å². The Bertz CT molecular complexity index is 412. The molecule has 0 atom stereocenters. The van der Waals surface area contributed by atoms with Crippen LogP contribution < -0.4 is 0 Å². The van der Waals surface area contributed by atoms with Crippen LogP contribution in [-0.2, 0) is 0 Å². The second kappa shape index (κ2) is 3.87. The van der Waals surface area contributed by atoms with Gasteiger partial charge in [0.2, 0.25) is 0 Å². The molecule has 0 aromatic carbocycles. The molecule has 0 saturated carbocycles. The number of carbonyl (C=O) groups excluding carboxylic acids is 1. The third-order valence-electron chi connectivity index (χ3n) is 1.53. The molecule has 0 amide bonds. The van der Waals surface area contributed by atoms with Gasteiger partial charge in [-0.1, -0.05) is 0 Å². The Kier molecular flexibility index (Phi) is 2.82. The Morgan fingerprint density at radius 2 is 2.21 bits per heavy atom. The topological polar surface area (TPSA) is 53.8 Å². The second-order valence-corrected chi connectivity index (χ2v) is 2.32. The van der Waals surface area contributed by atoms with E-state index in [0.717, 1.165) is 6.20 Å². The molecule has 0 saturated heterocycles. The van der Waals surface area contributed by atoms with E-state index >= 15 is 0 Å². The maximum Gasteiger partial charge on any atom is 0.268 e. The number of carbonyl (C=O) groups is 1. The molecule has 1 aromatic heterocycles. The van der Waals surface area contributed by atoms with Crippen molar-refractivity contribution >= 4 is 6.29 Å². The van der Waals surface area contributed by atoms with Gasteiger partial charge >= 0.3 is 0 Å². The minimum atomic E-state index is -3.15. The van der Waals surface area contributed by atoms with Gasteiger partial charge in [0.1, 0.15) is 11.8 Å². The van der Waals surface area contributed by atoms with Crippen LogP contribution >= 0.6 is 0 Å². The van der Waals surface area contributed by atoms with Gasteiger partial charge in [-0.2, -0.15) is 5.26 Å². The van der Waals surface area contributed by atoms with E-state index in [-0.39, 0.29) is 6.29 Å². The standard InChI is InChI=1S/C8H3F3N2O/c9-7-5(3-14)13-2-4(1-12)6(7)8(10)11/h2-3,8H. The molecule has 0 aliphatic heterocycles. The molecule has 1 rings (SSSR count). The number of hydrogen-bond acceptors (Lipinski definition) is 3. The summed E-state index contributed by atoms with van der Waals surface area (Å²) < 4.78 is 37.6. The molecule has 0 aliphatic rings. The maximum absolute atomic E-state index is 13.0. The minimum absolute atomic E-state index is 0.0162. The first-order valence-electron chi connectivity index (χ1n) is 3.43. The highest BCUT2D eigenvalue weighted by Crippen LogP contribution is 2.25. The van der Waals surface area contributed by atoms with Crippen LogP contribution in [0.2, 0.25) is 0 Å². The number of nitriles is 1. The number of halogens is 3. The lowest BCUT2D eigenvalue weighted by Crippen LogP contribution is -2.03. The predicted octanol–water partition coefficient (Wildman–Crippen LogP) is 1.84. The fraction of sp³-hybridized carbons (Fsp3) is 0.125. The fourth-order valence-corrected chi connectivity index (χ4v) is 0.901. The summed E-state index contributed by atoms with van der Waals surface area (Å²) in [5.41, 5.74) is -2.37. The van der Waals surface area contributed by atoms with Gasteiger partial charge in [0.25, 0.3) is 6.43 Å². The first-order valence-corrected chi connectivity index (χ1v) is 3.43. The first kappa shape index (κ1) is 10.2. The van der Waals surface area contributed by atoms with E-state index in [4.69, 9.17) is 5.26 Å². The molecule has 14 heavy (non-hydrogen) atoms. The highest BCUT2D eigenvalue weighted by atomic mass is 19.3. The molecule has 0 spiro atoms. The largest absolute Gasteiger partial charge is 0.296 e. The molecule has 0 bridgehead atoms. The number of pyridine rings is 1. The van der Waals surface area contributed by atoms with Crippen LogP contribution in [0.15, 0.2) is 6.20 Å². The zero-order chi connectivity index (χ0) is 10.7. The normalized spacial score (nSPS) is 9.93. The van der Waals surface area contributed by atoms with Crippen molar-refractivity contribution in [2.45, 2.75) is 6.43 Å². The number of aldehydes is 1. The van der Waals surface area contributed by atoms with Crippen molar-refractivity contribution in [1.29, 1.82) is 5.26 Å². The van der Waals surface area contributed by atoms with Gasteiger partial charge in [-0.15, -0.1) is 0 Å². The molecule has 1 heterocycles. The van der Waals surface area contributed by atoms with E-state index < -0.39 is 29.1 Å². The highest BCUT2D eigenvalue weighted by molar-refractivity contribution is 5.73. The Balaban J connectivity index is 3.48. The lowest BCUT2D eigenvalue weighted by Gasteiger charge is -2.04. The summed E-state index contributed by atoms with van der Waals surface area (Å²) in [6, 6.07) is 1.37. The molecular weight excluding hydrogens is 197 g/mol. The van der Waals surface area contributed by atoms with Crippen LogP contribution in [0.1, 0.15) is 28.0 Å². The third kappa shape index (κ3) is 1.57. The fourth-order valence-electron chi connectivity index (χ4n) is 0.901. The average Bonchev–Trinajstić information content (AvgIpc) is 2.16. The van der Waals surface area contributed by atoms with Crippen molar-refractivity contribution in [3.8, 4) is 6.07 Å². The second-order valence-electron chi connectivity index (χ2n) is 2.32. The number of rotatable bonds is 2. The smallest absolute Gasteiger partial charge is 0.268 e. The molecule has 0 unspecified atom stereocenters. The summed E-state index contributed by atoms with van der Waals surface area (Å²) >= 11 is 0.